The zero-order chi connectivity index (χ0) is 14.9. The molecule has 1 aromatic carbocycles. The van der Waals surface area contributed by atoms with Crippen LogP contribution in [0.5, 0.6) is 5.88 Å². The minimum Gasteiger partial charge on any atom is -0.481 e. The molecule has 0 saturated carbocycles. The molecule has 0 saturated heterocycles. The van der Waals surface area contributed by atoms with Crippen LogP contribution >= 0.6 is 34.8 Å². The summed E-state index contributed by atoms with van der Waals surface area (Å²) in [5.41, 5.74) is 0.937. The number of halogens is 3. The normalized spacial score (nSPS) is 10.4. The van der Waals surface area contributed by atoms with Gasteiger partial charge in [-0.2, -0.15) is 0 Å². The fraction of sp³-hybridized carbons (Fsp3) is 0.0769. The second-order valence-electron chi connectivity index (χ2n) is 3.83. The van der Waals surface area contributed by atoms with E-state index in [9.17, 15) is 4.79 Å². The maximum absolute atomic E-state index is 11.0. The number of hydrogen-bond donors (Lipinski definition) is 1. The van der Waals surface area contributed by atoms with Gasteiger partial charge in [-0.3, -0.25) is 0 Å². The lowest BCUT2D eigenvalue weighted by atomic mass is 10.1. The maximum atomic E-state index is 11.0. The molecule has 1 heterocycles. The van der Waals surface area contributed by atoms with Crippen molar-refractivity contribution in [3.63, 3.8) is 0 Å². The third-order valence-electron chi connectivity index (χ3n) is 2.59. The van der Waals surface area contributed by atoms with Gasteiger partial charge in [-0.25, -0.2) is 9.78 Å². The highest BCUT2D eigenvalue weighted by atomic mass is 35.5. The van der Waals surface area contributed by atoms with Gasteiger partial charge in [-0.15, -0.1) is 0 Å². The molecule has 1 N–H and O–H groups in total. The van der Waals surface area contributed by atoms with E-state index in [1.807, 2.05) is 0 Å². The first-order chi connectivity index (χ1) is 9.43. The van der Waals surface area contributed by atoms with Gasteiger partial charge in [0.1, 0.15) is 0 Å². The van der Waals surface area contributed by atoms with Gasteiger partial charge < -0.3 is 9.84 Å². The number of carbonyl (C=O) groups is 1. The van der Waals surface area contributed by atoms with Crippen molar-refractivity contribution in [1.82, 2.24) is 4.98 Å². The quantitative estimate of drug-likeness (QED) is 0.845. The minimum atomic E-state index is -1.10. The molecule has 4 nitrogen and oxygen atoms in total. The van der Waals surface area contributed by atoms with Gasteiger partial charge in [0.2, 0.25) is 5.88 Å². The molecular weight excluding hydrogens is 325 g/mol. The molecule has 2 rings (SSSR count). The molecule has 0 bridgehead atoms. The minimum absolute atomic E-state index is 0.0166. The molecule has 0 atom stereocenters. The molecule has 2 aromatic rings. The monoisotopic (exact) mass is 331 g/mol. The molecule has 0 fully saturated rings. The van der Waals surface area contributed by atoms with E-state index in [1.54, 1.807) is 0 Å². The smallest absolute Gasteiger partial charge is 0.337 e. The number of pyridine rings is 1. The second-order valence-corrected chi connectivity index (χ2v) is 5.05. The average molecular weight is 333 g/mol. The van der Waals surface area contributed by atoms with Crippen molar-refractivity contribution >= 4 is 40.8 Å². The van der Waals surface area contributed by atoms with Crippen LogP contribution in [-0.2, 0) is 0 Å². The Hall–Kier alpha value is -1.49. The zero-order valence-electron chi connectivity index (χ0n) is 10.2. The van der Waals surface area contributed by atoms with Crippen molar-refractivity contribution in [3.8, 4) is 17.0 Å². The summed E-state index contributed by atoms with van der Waals surface area (Å²) in [5, 5.41) is 9.96. The third-order valence-corrected chi connectivity index (χ3v) is 3.63. The summed E-state index contributed by atoms with van der Waals surface area (Å²) in [7, 11) is 1.43. The first-order valence-electron chi connectivity index (χ1n) is 5.36. The van der Waals surface area contributed by atoms with E-state index in [2.05, 4.69) is 4.98 Å². The summed E-state index contributed by atoms with van der Waals surface area (Å²) in [6.45, 7) is 0. The zero-order valence-corrected chi connectivity index (χ0v) is 12.4. The first kappa shape index (κ1) is 14.9. The summed E-state index contributed by atoms with van der Waals surface area (Å²) in [5.74, 6) is -0.854. The van der Waals surface area contributed by atoms with E-state index in [4.69, 9.17) is 44.6 Å². The van der Waals surface area contributed by atoms with Gasteiger partial charge in [-0.05, 0) is 18.2 Å². The Balaban J connectivity index is 2.70. The number of benzene rings is 1. The molecule has 104 valence electrons. The third kappa shape index (κ3) is 2.82. The van der Waals surface area contributed by atoms with Crippen LogP contribution in [0.15, 0.2) is 24.4 Å². The standard InChI is InChI=1S/C13H8Cl3NO3/c1-20-12-8(2-6(5-17-12)13(18)19)7-3-10(15)11(16)4-9(7)14/h2-5H,1H3,(H,18,19). The molecular formula is C13H8Cl3NO3. The summed E-state index contributed by atoms with van der Waals surface area (Å²) < 4.78 is 5.12. The highest BCUT2D eigenvalue weighted by molar-refractivity contribution is 6.44. The van der Waals surface area contributed by atoms with Crippen LogP contribution in [0.25, 0.3) is 11.1 Å². The molecule has 20 heavy (non-hydrogen) atoms. The van der Waals surface area contributed by atoms with Crippen LogP contribution in [0.2, 0.25) is 15.1 Å². The van der Waals surface area contributed by atoms with E-state index in [1.165, 1.54) is 31.5 Å². The van der Waals surface area contributed by atoms with E-state index in [-0.39, 0.29) is 11.4 Å². The molecule has 0 aliphatic rings. The number of methoxy groups -OCH3 is 1. The fourth-order valence-electron chi connectivity index (χ4n) is 1.65. The van der Waals surface area contributed by atoms with Crippen LogP contribution < -0.4 is 4.74 Å². The lowest BCUT2D eigenvalue weighted by molar-refractivity contribution is 0.0696. The fourth-order valence-corrected chi connectivity index (χ4v) is 2.30. The molecule has 0 aliphatic heterocycles. The maximum Gasteiger partial charge on any atom is 0.337 e. The number of aromatic carboxylic acids is 1. The number of aromatic nitrogens is 1. The van der Waals surface area contributed by atoms with Crippen molar-refractivity contribution in [1.29, 1.82) is 0 Å². The Bertz CT molecular complexity index is 689. The van der Waals surface area contributed by atoms with Crippen LogP contribution in [0, 0.1) is 0 Å². The SMILES string of the molecule is COc1ncc(C(=O)O)cc1-c1cc(Cl)c(Cl)cc1Cl. The van der Waals surface area contributed by atoms with Crippen molar-refractivity contribution < 1.29 is 14.6 Å². The number of hydrogen-bond acceptors (Lipinski definition) is 3. The van der Waals surface area contributed by atoms with Crippen LogP contribution in [0.3, 0.4) is 0 Å². The Morgan fingerprint density at radius 1 is 1.10 bits per heavy atom. The summed E-state index contributed by atoms with van der Waals surface area (Å²) in [6, 6.07) is 4.44. The highest BCUT2D eigenvalue weighted by Crippen LogP contribution is 2.38. The predicted octanol–water partition coefficient (Wildman–Crippen LogP) is 4.42. The second kappa shape index (κ2) is 5.87. The largest absolute Gasteiger partial charge is 0.481 e. The van der Waals surface area contributed by atoms with Gasteiger partial charge in [0.25, 0.3) is 0 Å². The van der Waals surface area contributed by atoms with Crippen molar-refractivity contribution in [2.45, 2.75) is 0 Å². The lowest BCUT2D eigenvalue weighted by Gasteiger charge is -2.11. The van der Waals surface area contributed by atoms with Gasteiger partial charge in [0, 0.05) is 17.3 Å². The van der Waals surface area contributed by atoms with Gasteiger partial charge in [0.15, 0.2) is 0 Å². The van der Waals surface area contributed by atoms with Gasteiger partial charge >= 0.3 is 5.97 Å². The van der Waals surface area contributed by atoms with Crippen molar-refractivity contribution in [2.75, 3.05) is 7.11 Å². The van der Waals surface area contributed by atoms with Crippen molar-refractivity contribution in [3.05, 3.63) is 45.0 Å². The van der Waals surface area contributed by atoms with Gasteiger partial charge in [-0.1, -0.05) is 34.8 Å². The molecule has 0 spiro atoms. The Morgan fingerprint density at radius 3 is 2.35 bits per heavy atom. The molecule has 1 aromatic heterocycles. The predicted molar refractivity (Wildman–Crippen MR) is 78.2 cm³/mol. The number of rotatable bonds is 3. The molecule has 0 aliphatic carbocycles. The summed E-state index contributed by atoms with van der Waals surface area (Å²) in [4.78, 5) is 15.0. The number of nitrogens with zero attached hydrogens (tertiary/aromatic N) is 1. The van der Waals surface area contributed by atoms with Crippen LogP contribution in [0.1, 0.15) is 10.4 Å². The number of carboxylic acids is 1. The molecule has 0 amide bonds. The van der Waals surface area contributed by atoms with E-state index in [0.29, 0.717) is 26.2 Å². The number of ether oxygens (including phenoxy) is 1. The molecule has 0 radical (unpaired) electrons. The van der Waals surface area contributed by atoms with Crippen LogP contribution in [0.4, 0.5) is 0 Å². The highest BCUT2D eigenvalue weighted by Gasteiger charge is 2.16. The Kier molecular flexibility index (Phi) is 4.38. The lowest BCUT2D eigenvalue weighted by Crippen LogP contribution is -2.00. The van der Waals surface area contributed by atoms with Crippen molar-refractivity contribution in [2.24, 2.45) is 0 Å². The first-order valence-corrected chi connectivity index (χ1v) is 6.49. The molecule has 0 unspecified atom stereocenters. The van der Waals surface area contributed by atoms with Crippen LogP contribution in [-0.4, -0.2) is 23.2 Å². The molecule has 7 heteroatoms. The topological polar surface area (TPSA) is 59.4 Å². The van der Waals surface area contributed by atoms with E-state index >= 15 is 0 Å². The van der Waals surface area contributed by atoms with Gasteiger partial charge in [0.05, 0.1) is 27.7 Å². The van der Waals surface area contributed by atoms with E-state index in [0.717, 1.165) is 0 Å². The Labute approximate surface area is 129 Å². The summed E-state index contributed by atoms with van der Waals surface area (Å²) >= 11 is 18.0. The number of carboxylic acid groups (broad SMARTS) is 1. The average Bonchev–Trinajstić information content (AvgIpc) is 2.42. The van der Waals surface area contributed by atoms with E-state index < -0.39 is 5.97 Å². The Morgan fingerprint density at radius 2 is 1.75 bits per heavy atom. The summed E-state index contributed by atoms with van der Waals surface area (Å²) in [6.07, 6.45) is 1.20.